The molecule has 1 heteroatoms. The van der Waals surface area contributed by atoms with E-state index in [0.29, 0.717) is 6.54 Å². The minimum atomic E-state index is 0.420. The second-order valence-corrected chi connectivity index (χ2v) is 4.12. The van der Waals surface area contributed by atoms with E-state index >= 15 is 0 Å². The normalized spacial score (nSPS) is 12.6. The molecule has 0 aromatic heterocycles. The van der Waals surface area contributed by atoms with Crippen molar-refractivity contribution in [1.29, 1.82) is 0 Å². The summed E-state index contributed by atoms with van der Waals surface area (Å²) in [6, 6.07) is 10.8. The molecule has 2 aromatic rings. The van der Waals surface area contributed by atoms with E-state index in [1.54, 1.807) is 0 Å². The summed E-state index contributed by atoms with van der Waals surface area (Å²) in [6.45, 7) is 0.420. The Labute approximate surface area is 95.3 Å². The molecule has 0 aliphatic heterocycles. The highest BCUT2D eigenvalue weighted by molar-refractivity contribution is 5.94. The Hall–Kier alpha value is -1.78. The van der Waals surface area contributed by atoms with Crippen molar-refractivity contribution < 1.29 is 0 Å². The fourth-order valence-corrected chi connectivity index (χ4v) is 2.50. The van der Waals surface area contributed by atoms with Gasteiger partial charge in [0.2, 0.25) is 0 Å². The fraction of sp³-hybridized carbons (Fsp3) is 0.200. The third kappa shape index (κ3) is 1.31. The van der Waals surface area contributed by atoms with Crippen LogP contribution in [0.25, 0.3) is 10.8 Å². The van der Waals surface area contributed by atoms with Crippen LogP contribution in [-0.4, -0.2) is 6.54 Å². The van der Waals surface area contributed by atoms with Crippen molar-refractivity contribution in [2.75, 3.05) is 6.54 Å². The van der Waals surface area contributed by atoms with Crippen molar-refractivity contribution in [2.24, 2.45) is 5.73 Å². The Morgan fingerprint density at radius 2 is 1.88 bits per heavy atom. The molecule has 0 fully saturated rings. The summed E-state index contributed by atoms with van der Waals surface area (Å²) >= 11 is 0. The number of benzene rings is 2. The van der Waals surface area contributed by atoms with Crippen molar-refractivity contribution in [3.05, 3.63) is 47.0 Å². The third-order valence-electron chi connectivity index (χ3n) is 3.20. The van der Waals surface area contributed by atoms with E-state index in [-0.39, 0.29) is 0 Å². The second-order valence-electron chi connectivity index (χ2n) is 4.12. The fourth-order valence-electron chi connectivity index (χ4n) is 2.50. The first-order valence-electron chi connectivity index (χ1n) is 5.62. The van der Waals surface area contributed by atoms with Crippen LogP contribution in [0.1, 0.15) is 16.7 Å². The van der Waals surface area contributed by atoms with E-state index < -0.39 is 0 Å². The summed E-state index contributed by atoms with van der Waals surface area (Å²) in [5.74, 6) is 6.09. The molecule has 0 saturated carbocycles. The molecule has 16 heavy (non-hydrogen) atoms. The van der Waals surface area contributed by atoms with Gasteiger partial charge in [-0.2, -0.15) is 0 Å². The largest absolute Gasteiger partial charge is 0.320 e. The van der Waals surface area contributed by atoms with Gasteiger partial charge in [0.25, 0.3) is 0 Å². The van der Waals surface area contributed by atoms with Gasteiger partial charge in [0.05, 0.1) is 6.54 Å². The maximum Gasteiger partial charge on any atom is 0.0555 e. The van der Waals surface area contributed by atoms with Crippen LogP contribution < -0.4 is 5.73 Å². The number of hydrogen-bond acceptors (Lipinski definition) is 1. The Morgan fingerprint density at radius 1 is 1.06 bits per heavy atom. The molecule has 1 nitrogen and oxygen atoms in total. The van der Waals surface area contributed by atoms with Crippen LogP contribution in [0.15, 0.2) is 30.3 Å². The third-order valence-corrected chi connectivity index (χ3v) is 3.20. The lowest BCUT2D eigenvalue weighted by molar-refractivity contribution is 1.02. The van der Waals surface area contributed by atoms with Gasteiger partial charge < -0.3 is 5.73 Å². The van der Waals surface area contributed by atoms with Gasteiger partial charge in [0, 0.05) is 5.56 Å². The van der Waals surface area contributed by atoms with Crippen LogP contribution in [0.4, 0.5) is 0 Å². The smallest absolute Gasteiger partial charge is 0.0555 e. The molecule has 1 aliphatic rings. The topological polar surface area (TPSA) is 26.0 Å². The minimum Gasteiger partial charge on any atom is -0.320 e. The summed E-state index contributed by atoms with van der Waals surface area (Å²) in [5.41, 5.74) is 9.45. The number of aryl methyl sites for hydroxylation is 2. The average molecular weight is 207 g/mol. The SMILES string of the molecule is NCC#Cc1ccc2c3c(cccc13)CC2. The van der Waals surface area contributed by atoms with Gasteiger partial charge in [0.15, 0.2) is 0 Å². The zero-order valence-corrected chi connectivity index (χ0v) is 9.09. The van der Waals surface area contributed by atoms with Crippen molar-refractivity contribution in [3.63, 3.8) is 0 Å². The van der Waals surface area contributed by atoms with Crippen LogP contribution in [0.5, 0.6) is 0 Å². The Kier molecular flexibility index (Phi) is 2.16. The van der Waals surface area contributed by atoms with Gasteiger partial charge in [-0.1, -0.05) is 36.1 Å². The highest BCUT2D eigenvalue weighted by Gasteiger charge is 2.14. The molecule has 0 saturated heterocycles. The molecule has 0 radical (unpaired) electrons. The first-order chi connectivity index (χ1) is 7.90. The van der Waals surface area contributed by atoms with Crippen LogP contribution in [0.3, 0.4) is 0 Å². The Balaban J connectivity index is 2.34. The van der Waals surface area contributed by atoms with Crippen LogP contribution in [0.2, 0.25) is 0 Å². The first-order valence-corrected chi connectivity index (χ1v) is 5.62. The average Bonchev–Trinajstić information content (AvgIpc) is 2.74. The minimum absolute atomic E-state index is 0.420. The maximum absolute atomic E-state index is 5.42. The van der Waals surface area contributed by atoms with Gasteiger partial charge in [-0.05, 0) is 40.8 Å². The highest BCUT2D eigenvalue weighted by atomic mass is 14.5. The summed E-state index contributed by atoms with van der Waals surface area (Å²) in [5, 5.41) is 2.71. The lowest BCUT2D eigenvalue weighted by Gasteiger charge is -2.03. The van der Waals surface area contributed by atoms with Crippen molar-refractivity contribution in [2.45, 2.75) is 12.8 Å². The molecule has 2 N–H and O–H groups in total. The number of nitrogens with two attached hydrogens (primary N) is 1. The molecule has 78 valence electrons. The zero-order valence-electron chi connectivity index (χ0n) is 9.09. The van der Waals surface area contributed by atoms with Gasteiger partial charge in [-0.15, -0.1) is 0 Å². The molecule has 3 rings (SSSR count). The van der Waals surface area contributed by atoms with Crippen molar-refractivity contribution in [3.8, 4) is 11.8 Å². The molecular formula is C15H13N. The molecule has 2 aromatic carbocycles. The predicted octanol–water partition coefficient (Wildman–Crippen LogP) is 2.25. The summed E-state index contributed by atoms with van der Waals surface area (Å²) in [4.78, 5) is 0. The summed E-state index contributed by atoms with van der Waals surface area (Å²) < 4.78 is 0. The van der Waals surface area contributed by atoms with Crippen LogP contribution in [0, 0.1) is 11.8 Å². The van der Waals surface area contributed by atoms with E-state index in [9.17, 15) is 0 Å². The Morgan fingerprint density at radius 3 is 2.69 bits per heavy atom. The Bertz CT molecular complexity index is 604. The van der Waals surface area contributed by atoms with Crippen molar-refractivity contribution in [1.82, 2.24) is 0 Å². The molecule has 0 amide bonds. The van der Waals surface area contributed by atoms with Gasteiger partial charge in [-0.25, -0.2) is 0 Å². The summed E-state index contributed by atoms with van der Waals surface area (Å²) in [7, 11) is 0. The predicted molar refractivity (Wildman–Crippen MR) is 67.3 cm³/mol. The van der Waals surface area contributed by atoms with E-state index in [1.807, 2.05) is 0 Å². The van der Waals surface area contributed by atoms with E-state index in [1.165, 1.54) is 34.7 Å². The van der Waals surface area contributed by atoms with E-state index in [2.05, 4.69) is 42.2 Å². The molecule has 0 spiro atoms. The van der Waals surface area contributed by atoms with Crippen LogP contribution >= 0.6 is 0 Å². The summed E-state index contributed by atoms with van der Waals surface area (Å²) in [6.07, 6.45) is 2.33. The number of rotatable bonds is 0. The molecular weight excluding hydrogens is 194 g/mol. The van der Waals surface area contributed by atoms with Gasteiger partial charge in [0.1, 0.15) is 0 Å². The number of hydrogen-bond donors (Lipinski definition) is 1. The molecule has 0 bridgehead atoms. The second kappa shape index (κ2) is 3.66. The zero-order chi connectivity index (χ0) is 11.0. The molecule has 0 atom stereocenters. The molecule has 0 unspecified atom stereocenters. The standard InChI is InChI=1S/C15H13N/c16-10-2-4-11-6-7-13-9-8-12-3-1-5-14(11)15(12)13/h1,3,5-7H,8-10,16H2. The lowest BCUT2D eigenvalue weighted by atomic mass is 10.0. The monoisotopic (exact) mass is 207 g/mol. The van der Waals surface area contributed by atoms with Gasteiger partial charge >= 0.3 is 0 Å². The molecule has 1 aliphatic carbocycles. The van der Waals surface area contributed by atoms with Gasteiger partial charge in [-0.3, -0.25) is 0 Å². The van der Waals surface area contributed by atoms with E-state index in [0.717, 1.165) is 5.56 Å². The molecule has 0 heterocycles. The highest BCUT2D eigenvalue weighted by Crippen LogP contribution is 2.32. The van der Waals surface area contributed by atoms with E-state index in [4.69, 9.17) is 5.73 Å². The first kappa shape index (κ1) is 9.45. The quantitative estimate of drug-likeness (QED) is 0.659. The van der Waals surface area contributed by atoms with Crippen molar-refractivity contribution >= 4 is 10.8 Å². The lowest BCUT2D eigenvalue weighted by Crippen LogP contribution is -1.93. The van der Waals surface area contributed by atoms with Crippen LogP contribution in [-0.2, 0) is 12.8 Å². The maximum atomic E-state index is 5.42.